The third kappa shape index (κ3) is 2.85. The third-order valence-electron chi connectivity index (χ3n) is 1.83. The van der Waals surface area contributed by atoms with Crippen molar-refractivity contribution in [2.45, 2.75) is 11.1 Å². The molecule has 0 atom stereocenters. The molecule has 0 unspecified atom stereocenters. The number of nitro benzene ring substituents is 1. The fourth-order valence-corrected chi connectivity index (χ4v) is 2.73. The first-order chi connectivity index (χ1) is 7.96. The summed E-state index contributed by atoms with van der Waals surface area (Å²) < 4.78 is 59.3. The molecule has 1 aromatic rings. The first kappa shape index (κ1) is 15.0. The molecule has 11 heteroatoms. The number of nitro groups is 1. The van der Waals surface area contributed by atoms with Crippen molar-refractivity contribution in [2.24, 2.45) is 0 Å². The van der Waals surface area contributed by atoms with Gasteiger partial charge in [-0.3, -0.25) is 10.1 Å². The number of nitrogens with zero attached hydrogens (tertiary/aromatic N) is 1. The Kier molecular flexibility index (Phi) is 3.80. The number of hydrogen-bond acceptors (Lipinski definition) is 4. The van der Waals surface area contributed by atoms with Crippen molar-refractivity contribution in [3.63, 3.8) is 0 Å². The lowest BCUT2D eigenvalue weighted by Gasteiger charge is -2.09. The molecule has 0 heterocycles. The van der Waals surface area contributed by atoms with E-state index in [1.165, 1.54) is 0 Å². The lowest BCUT2D eigenvalue weighted by Crippen LogP contribution is -2.10. The first-order valence-electron chi connectivity index (χ1n) is 3.95. The predicted molar refractivity (Wildman–Crippen MR) is 56.1 cm³/mol. The van der Waals surface area contributed by atoms with E-state index in [0.717, 1.165) is 0 Å². The first-order valence-corrected chi connectivity index (χ1v) is 6.63. The Morgan fingerprint density at radius 3 is 2.11 bits per heavy atom. The number of hydrogen-bond donors (Lipinski definition) is 0. The number of benzene rings is 1. The number of alkyl halides is 3. The van der Waals surface area contributed by atoms with Gasteiger partial charge in [-0.15, -0.1) is 0 Å². The second-order valence-electron chi connectivity index (χ2n) is 2.97. The standard InChI is InChI=1S/C7H2Cl2F3NO4S/c8-5-4(18(9,16)17)2-1-3(7(10,11)12)6(5)13(14)15/h1-2H. The second kappa shape index (κ2) is 4.56. The molecule has 0 radical (unpaired) electrons. The molecule has 0 bridgehead atoms. The molecule has 0 saturated carbocycles. The van der Waals surface area contributed by atoms with E-state index in [1.807, 2.05) is 0 Å². The number of halogens is 5. The van der Waals surface area contributed by atoms with Crippen molar-refractivity contribution < 1.29 is 26.5 Å². The minimum Gasteiger partial charge on any atom is -0.258 e. The Labute approximate surface area is 108 Å². The van der Waals surface area contributed by atoms with Gasteiger partial charge in [0.1, 0.15) is 15.5 Å². The van der Waals surface area contributed by atoms with Crippen LogP contribution in [0, 0.1) is 10.1 Å². The molecule has 0 saturated heterocycles. The van der Waals surface area contributed by atoms with Crippen molar-refractivity contribution >= 4 is 37.0 Å². The molecule has 0 aliphatic rings. The SMILES string of the molecule is O=[N+]([O-])c1c(C(F)(F)F)ccc(S(=O)(=O)Cl)c1Cl. The van der Waals surface area contributed by atoms with Gasteiger partial charge in [0.25, 0.3) is 9.05 Å². The van der Waals surface area contributed by atoms with Crippen LogP contribution in [0.5, 0.6) is 0 Å². The van der Waals surface area contributed by atoms with E-state index in [-0.39, 0.29) is 6.07 Å². The van der Waals surface area contributed by atoms with Crippen LogP contribution >= 0.6 is 22.3 Å². The second-order valence-corrected chi connectivity index (χ2v) is 5.88. The highest BCUT2D eigenvalue weighted by atomic mass is 35.7. The molecule has 0 aromatic heterocycles. The minimum absolute atomic E-state index is 0.235. The summed E-state index contributed by atoms with van der Waals surface area (Å²) in [5.74, 6) is 0. The topological polar surface area (TPSA) is 77.3 Å². The van der Waals surface area contributed by atoms with E-state index in [9.17, 15) is 31.7 Å². The average molecular weight is 324 g/mol. The zero-order chi connectivity index (χ0) is 14.3. The van der Waals surface area contributed by atoms with Crippen molar-refractivity contribution in [1.82, 2.24) is 0 Å². The maximum absolute atomic E-state index is 12.5. The average Bonchev–Trinajstić information content (AvgIpc) is 2.12. The van der Waals surface area contributed by atoms with Gasteiger partial charge >= 0.3 is 11.9 Å². The quantitative estimate of drug-likeness (QED) is 0.475. The van der Waals surface area contributed by atoms with Gasteiger partial charge in [-0.25, -0.2) is 8.42 Å². The Morgan fingerprint density at radius 1 is 1.28 bits per heavy atom. The Bertz CT molecular complexity index is 614. The molecule has 0 fully saturated rings. The molecule has 0 N–H and O–H groups in total. The Morgan fingerprint density at radius 2 is 1.78 bits per heavy atom. The monoisotopic (exact) mass is 323 g/mol. The highest BCUT2D eigenvalue weighted by Crippen LogP contribution is 2.43. The Balaban J connectivity index is 3.75. The molecule has 100 valence electrons. The summed E-state index contributed by atoms with van der Waals surface area (Å²) >= 11 is 5.29. The zero-order valence-electron chi connectivity index (χ0n) is 8.03. The van der Waals surface area contributed by atoms with Gasteiger partial charge in [-0.05, 0) is 12.1 Å². The smallest absolute Gasteiger partial charge is 0.258 e. The molecule has 1 rings (SSSR count). The fraction of sp³-hybridized carbons (Fsp3) is 0.143. The van der Waals surface area contributed by atoms with Crippen molar-refractivity contribution in [3.05, 3.63) is 32.8 Å². The normalized spacial score (nSPS) is 12.5. The molecule has 0 amide bonds. The van der Waals surface area contributed by atoms with E-state index in [4.69, 9.17) is 22.3 Å². The van der Waals surface area contributed by atoms with Crippen LogP contribution in [0.3, 0.4) is 0 Å². The summed E-state index contributed by atoms with van der Waals surface area (Å²) in [6.45, 7) is 0. The molecule has 0 spiro atoms. The summed E-state index contributed by atoms with van der Waals surface area (Å²) in [6, 6.07) is 0.694. The van der Waals surface area contributed by atoms with Gasteiger partial charge in [0.2, 0.25) is 0 Å². The molecule has 5 nitrogen and oxygen atoms in total. The van der Waals surface area contributed by atoms with Gasteiger partial charge < -0.3 is 0 Å². The summed E-state index contributed by atoms with van der Waals surface area (Å²) in [4.78, 5) is 8.18. The zero-order valence-corrected chi connectivity index (χ0v) is 10.4. The van der Waals surface area contributed by atoms with E-state index in [1.54, 1.807) is 0 Å². The van der Waals surface area contributed by atoms with E-state index < -0.39 is 41.3 Å². The maximum Gasteiger partial charge on any atom is 0.423 e. The van der Waals surface area contributed by atoms with Gasteiger partial charge in [0.05, 0.1) is 4.92 Å². The fourth-order valence-electron chi connectivity index (χ4n) is 1.14. The summed E-state index contributed by atoms with van der Waals surface area (Å²) in [5, 5.41) is 9.38. The van der Waals surface area contributed by atoms with Crippen LogP contribution < -0.4 is 0 Å². The summed E-state index contributed by atoms with van der Waals surface area (Å²) in [7, 11) is 0.408. The van der Waals surface area contributed by atoms with E-state index >= 15 is 0 Å². The lowest BCUT2D eigenvalue weighted by atomic mass is 10.2. The highest BCUT2D eigenvalue weighted by molar-refractivity contribution is 8.13. The van der Waals surface area contributed by atoms with Crippen LogP contribution in [0.2, 0.25) is 5.02 Å². The van der Waals surface area contributed by atoms with Crippen LogP contribution in [0.25, 0.3) is 0 Å². The molecule has 0 aliphatic carbocycles. The van der Waals surface area contributed by atoms with Crippen molar-refractivity contribution in [1.29, 1.82) is 0 Å². The van der Waals surface area contributed by atoms with Crippen LogP contribution in [0.1, 0.15) is 5.56 Å². The van der Waals surface area contributed by atoms with Gasteiger partial charge in [-0.2, -0.15) is 13.2 Å². The van der Waals surface area contributed by atoms with Crippen molar-refractivity contribution in [2.75, 3.05) is 0 Å². The van der Waals surface area contributed by atoms with Crippen LogP contribution in [0.4, 0.5) is 18.9 Å². The van der Waals surface area contributed by atoms with Gasteiger partial charge in [-0.1, -0.05) is 11.6 Å². The van der Waals surface area contributed by atoms with E-state index in [0.29, 0.717) is 6.07 Å². The number of rotatable bonds is 2. The largest absolute Gasteiger partial charge is 0.423 e. The lowest BCUT2D eigenvalue weighted by molar-refractivity contribution is -0.388. The molecular weight excluding hydrogens is 322 g/mol. The van der Waals surface area contributed by atoms with Crippen LogP contribution in [-0.2, 0) is 15.2 Å². The highest BCUT2D eigenvalue weighted by Gasteiger charge is 2.41. The minimum atomic E-state index is -5.04. The molecule has 0 aliphatic heterocycles. The molecule has 18 heavy (non-hydrogen) atoms. The van der Waals surface area contributed by atoms with Crippen LogP contribution in [-0.4, -0.2) is 13.3 Å². The molecule has 1 aromatic carbocycles. The Hall–Kier alpha value is -1.06. The van der Waals surface area contributed by atoms with Crippen molar-refractivity contribution in [3.8, 4) is 0 Å². The van der Waals surface area contributed by atoms with Gasteiger partial charge in [0, 0.05) is 10.7 Å². The third-order valence-corrected chi connectivity index (χ3v) is 3.69. The maximum atomic E-state index is 12.5. The van der Waals surface area contributed by atoms with Crippen LogP contribution in [0.15, 0.2) is 17.0 Å². The summed E-state index contributed by atoms with van der Waals surface area (Å²) in [6.07, 6.45) is -5.04. The molecular formula is C7H2Cl2F3NO4S. The summed E-state index contributed by atoms with van der Waals surface area (Å²) in [5.41, 5.74) is -3.20. The van der Waals surface area contributed by atoms with Gasteiger partial charge in [0.15, 0.2) is 0 Å². The predicted octanol–water partition coefficient (Wildman–Crippen LogP) is 3.19. The van der Waals surface area contributed by atoms with E-state index in [2.05, 4.69) is 0 Å².